The highest BCUT2D eigenvalue weighted by molar-refractivity contribution is 7.17. The number of hydrogen-bond donors (Lipinski definition) is 2. The number of aromatic nitrogens is 1. The summed E-state index contributed by atoms with van der Waals surface area (Å²) in [5, 5.41) is 6.64. The van der Waals surface area contributed by atoms with E-state index in [0.29, 0.717) is 26.4 Å². The molecule has 1 aliphatic rings. The van der Waals surface area contributed by atoms with E-state index in [0.717, 1.165) is 12.0 Å². The molecule has 4 rings (SSSR count). The lowest BCUT2D eigenvalue weighted by Gasteiger charge is -2.09. The molecule has 2 atom stereocenters. The van der Waals surface area contributed by atoms with Gasteiger partial charge in [0.05, 0.1) is 16.4 Å². The van der Waals surface area contributed by atoms with Gasteiger partial charge in [-0.2, -0.15) is 0 Å². The number of nitrogens with zero attached hydrogens (tertiary/aromatic N) is 1. The lowest BCUT2D eigenvalue weighted by atomic mass is 10.1. The quantitative estimate of drug-likeness (QED) is 0.574. The number of nitrogens with one attached hydrogen (secondary N) is 2. The van der Waals surface area contributed by atoms with Gasteiger partial charge in [0.15, 0.2) is 5.13 Å². The van der Waals surface area contributed by atoms with Gasteiger partial charge in [0.1, 0.15) is 4.88 Å². The third-order valence-corrected chi connectivity index (χ3v) is 6.43. The number of para-hydroxylation sites is 1. The lowest BCUT2D eigenvalue weighted by molar-refractivity contribution is -0.117. The van der Waals surface area contributed by atoms with E-state index in [1.165, 1.54) is 16.9 Å². The summed E-state index contributed by atoms with van der Waals surface area (Å²) >= 11 is 7.37. The van der Waals surface area contributed by atoms with E-state index in [9.17, 15) is 9.59 Å². The molecule has 1 aliphatic carbocycles. The Labute approximate surface area is 178 Å². The van der Waals surface area contributed by atoms with Crippen molar-refractivity contribution in [2.75, 3.05) is 10.6 Å². The van der Waals surface area contributed by atoms with Gasteiger partial charge in [-0.25, -0.2) is 4.98 Å². The van der Waals surface area contributed by atoms with E-state index < -0.39 is 0 Å². The van der Waals surface area contributed by atoms with Crippen LogP contribution >= 0.6 is 22.9 Å². The van der Waals surface area contributed by atoms with Gasteiger partial charge in [0.25, 0.3) is 5.91 Å². The third-order valence-electron chi connectivity index (χ3n) is 5.05. The first-order chi connectivity index (χ1) is 13.9. The number of rotatable bonds is 5. The normalized spacial score (nSPS) is 17.6. The van der Waals surface area contributed by atoms with E-state index in [-0.39, 0.29) is 23.7 Å². The molecule has 2 aromatic carbocycles. The second-order valence-electron chi connectivity index (χ2n) is 7.17. The van der Waals surface area contributed by atoms with Crippen molar-refractivity contribution in [1.29, 1.82) is 0 Å². The predicted octanol–water partition coefficient (Wildman–Crippen LogP) is 5.41. The number of thiazole rings is 1. The zero-order chi connectivity index (χ0) is 20.5. The summed E-state index contributed by atoms with van der Waals surface area (Å²) in [4.78, 5) is 30.1. The topological polar surface area (TPSA) is 71.1 Å². The zero-order valence-electron chi connectivity index (χ0n) is 16.0. The fraction of sp³-hybridized carbons (Fsp3) is 0.227. The summed E-state index contributed by atoms with van der Waals surface area (Å²) in [6.07, 6.45) is 0.833. The summed E-state index contributed by atoms with van der Waals surface area (Å²) in [5.74, 6) is -0.139. The van der Waals surface area contributed by atoms with Crippen molar-refractivity contribution in [1.82, 2.24) is 4.98 Å². The summed E-state index contributed by atoms with van der Waals surface area (Å²) in [5.41, 5.74) is 3.21. The Morgan fingerprint density at radius 1 is 1.07 bits per heavy atom. The van der Waals surface area contributed by atoms with Crippen LogP contribution in [0.3, 0.4) is 0 Å². The van der Waals surface area contributed by atoms with Crippen LogP contribution in [0.5, 0.6) is 0 Å². The standard InChI is InChI=1S/C22H20ClN3O2S/c1-12-7-6-10-17(23)18(12)25-21(28)19-13(2)24-22(29-19)26-20(27)16-11-15(16)14-8-4-3-5-9-14/h3-10,15-16H,11H2,1-2H3,(H,25,28)(H,24,26,27)/t15-,16?/m1/s1. The van der Waals surface area contributed by atoms with Crippen molar-refractivity contribution in [2.24, 2.45) is 5.92 Å². The molecular weight excluding hydrogens is 406 g/mol. The molecule has 3 aromatic rings. The molecule has 0 spiro atoms. The van der Waals surface area contributed by atoms with Crippen LogP contribution in [0.1, 0.15) is 38.8 Å². The molecule has 29 heavy (non-hydrogen) atoms. The number of carbonyl (C=O) groups is 2. The Morgan fingerprint density at radius 2 is 1.83 bits per heavy atom. The van der Waals surface area contributed by atoms with Crippen molar-refractivity contribution in [2.45, 2.75) is 26.2 Å². The Hall–Kier alpha value is -2.70. The monoisotopic (exact) mass is 425 g/mol. The second kappa shape index (κ2) is 7.97. The molecule has 0 bridgehead atoms. The minimum absolute atomic E-state index is 0.0512. The van der Waals surface area contributed by atoms with Crippen molar-refractivity contribution < 1.29 is 9.59 Å². The third kappa shape index (κ3) is 4.18. The number of hydrogen-bond acceptors (Lipinski definition) is 4. The molecule has 0 radical (unpaired) electrons. The summed E-state index contributed by atoms with van der Waals surface area (Å²) in [6.45, 7) is 3.63. The van der Waals surface area contributed by atoms with Gasteiger partial charge >= 0.3 is 0 Å². The van der Waals surface area contributed by atoms with Crippen LogP contribution in [0.25, 0.3) is 0 Å². The maximum atomic E-state index is 12.7. The first-order valence-corrected chi connectivity index (χ1v) is 10.5. The van der Waals surface area contributed by atoms with Gasteiger partial charge < -0.3 is 10.6 Å². The molecule has 2 amide bonds. The van der Waals surface area contributed by atoms with E-state index in [2.05, 4.69) is 15.6 Å². The first kappa shape index (κ1) is 19.6. The fourth-order valence-electron chi connectivity index (χ4n) is 3.37. The van der Waals surface area contributed by atoms with Crippen molar-refractivity contribution in [3.8, 4) is 0 Å². The Morgan fingerprint density at radius 3 is 2.55 bits per heavy atom. The van der Waals surface area contributed by atoms with Crippen LogP contribution < -0.4 is 10.6 Å². The van der Waals surface area contributed by atoms with E-state index in [4.69, 9.17) is 11.6 Å². The minimum atomic E-state index is -0.287. The van der Waals surface area contributed by atoms with Crippen LogP contribution in [0.2, 0.25) is 5.02 Å². The van der Waals surface area contributed by atoms with Crippen LogP contribution in [-0.2, 0) is 4.79 Å². The number of anilines is 2. The highest BCUT2D eigenvalue weighted by atomic mass is 35.5. The number of carbonyl (C=O) groups excluding carboxylic acids is 2. The summed E-state index contributed by atoms with van der Waals surface area (Å²) in [6, 6.07) is 15.5. The van der Waals surface area contributed by atoms with Gasteiger partial charge in [0, 0.05) is 5.92 Å². The molecule has 5 nitrogen and oxygen atoms in total. The van der Waals surface area contributed by atoms with Crippen LogP contribution in [-0.4, -0.2) is 16.8 Å². The largest absolute Gasteiger partial charge is 0.320 e. The van der Waals surface area contributed by atoms with Gasteiger partial charge in [-0.15, -0.1) is 0 Å². The Kier molecular flexibility index (Phi) is 5.39. The Balaban J connectivity index is 1.43. The van der Waals surface area contributed by atoms with Crippen molar-refractivity contribution in [3.05, 3.63) is 75.3 Å². The van der Waals surface area contributed by atoms with Gasteiger partial charge in [0.2, 0.25) is 5.91 Å². The summed E-state index contributed by atoms with van der Waals surface area (Å²) < 4.78 is 0. The number of benzene rings is 2. The molecule has 1 fully saturated rings. The van der Waals surface area contributed by atoms with Crippen molar-refractivity contribution >= 4 is 45.6 Å². The molecule has 1 aromatic heterocycles. The molecule has 7 heteroatoms. The first-order valence-electron chi connectivity index (χ1n) is 9.33. The van der Waals surface area contributed by atoms with Crippen LogP contribution in [0.4, 0.5) is 10.8 Å². The molecule has 1 heterocycles. The molecule has 0 saturated heterocycles. The van der Waals surface area contributed by atoms with Gasteiger partial charge in [-0.05, 0) is 43.4 Å². The van der Waals surface area contributed by atoms with Crippen LogP contribution in [0, 0.1) is 19.8 Å². The maximum Gasteiger partial charge on any atom is 0.267 e. The van der Waals surface area contributed by atoms with Gasteiger partial charge in [-0.3, -0.25) is 9.59 Å². The number of halogens is 1. The Bertz CT molecular complexity index is 1060. The predicted molar refractivity (Wildman–Crippen MR) is 117 cm³/mol. The lowest BCUT2D eigenvalue weighted by Crippen LogP contribution is -2.14. The maximum absolute atomic E-state index is 12.7. The molecule has 1 saturated carbocycles. The van der Waals surface area contributed by atoms with E-state index in [1.54, 1.807) is 13.0 Å². The van der Waals surface area contributed by atoms with Crippen LogP contribution in [0.15, 0.2) is 48.5 Å². The average Bonchev–Trinajstić information content (AvgIpc) is 3.43. The smallest absolute Gasteiger partial charge is 0.267 e. The van der Waals surface area contributed by atoms with Gasteiger partial charge in [-0.1, -0.05) is 65.4 Å². The second-order valence-corrected chi connectivity index (χ2v) is 8.57. The molecular formula is C22H20ClN3O2S. The van der Waals surface area contributed by atoms with E-state index in [1.807, 2.05) is 49.4 Å². The summed E-state index contributed by atoms with van der Waals surface area (Å²) in [7, 11) is 0. The number of aryl methyl sites for hydroxylation is 2. The highest BCUT2D eigenvalue weighted by Crippen LogP contribution is 2.48. The zero-order valence-corrected chi connectivity index (χ0v) is 17.6. The minimum Gasteiger partial charge on any atom is -0.320 e. The highest BCUT2D eigenvalue weighted by Gasteiger charge is 2.44. The average molecular weight is 426 g/mol. The molecule has 148 valence electrons. The molecule has 0 aliphatic heterocycles. The number of amides is 2. The molecule has 1 unspecified atom stereocenters. The molecule has 2 N–H and O–H groups in total. The van der Waals surface area contributed by atoms with E-state index >= 15 is 0 Å². The SMILES string of the molecule is Cc1cccc(Cl)c1NC(=O)c1sc(NC(=O)C2C[C@@H]2c2ccccc2)nc1C. The van der Waals surface area contributed by atoms with Crippen molar-refractivity contribution in [3.63, 3.8) is 0 Å². The fourth-order valence-corrected chi connectivity index (χ4v) is 4.51.